The highest BCUT2D eigenvalue weighted by atomic mass is 16.6. The number of fused-ring (bicyclic) bond motifs is 4. The lowest BCUT2D eigenvalue weighted by atomic mass is 9.34. The number of Topliss-reactive ketones (excluding diaryl/α,β-unsaturated/α-hetero) is 2. The Morgan fingerprint density at radius 2 is 1.67 bits per heavy atom. The predicted octanol–water partition coefficient (Wildman–Crippen LogP) is 6.76. The second-order valence-corrected chi connectivity index (χ2v) is 21.9. The van der Waals surface area contributed by atoms with Crippen molar-refractivity contribution in [3.63, 3.8) is 0 Å². The number of ether oxygens (including phenoxy) is 1. The maximum atomic E-state index is 15.2. The molecule has 3 saturated carbocycles. The summed E-state index contributed by atoms with van der Waals surface area (Å²) >= 11 is 0. The Kier molecular flexibility index (Phi) is 8.97. The fourth-order valence-corrected chi connectivity index (χ4v) is 14.9. The van der Waals surface area contributed by atoms with Gasteiger partial charge < -0.3 is 24.6 Å². The van der Waals surface area contributed by atoms with Crippen LogP contribution < -0.4 is 10.7 Å². The topological polar surface area (TPSA) is 125 Å². The van der Waals surface area contributed by atoms with Crippen molar-refractivity contribution in [3.05, 3.63) is 62.3 Å². The molecule has 8 nitrogen and oxygen atoms in total. The SMILES string of the molecule is Cc1cc(C)cc(Cc2c3c4n(c2=CCO)C[C@@H]2C5=C(C(=O)C[C@]5(C)[C@@]5(C)CC[C@H]6C(C)(C)C(=O)CC[C@]6(C)[C@@H]5[C@@H]2O)[C@](C)(C[C@@H](O)[C@@H]2OC2(C)C)CCC=4C=N3)c1. The summed E-state index contributed by atoms with van der Waals surface area (Å²) in [6.45, 7) is 22.0. The van der Waals surface area contributed by atoms with Crippen molar-refractivity contribution in [2.75, 3.05) is 6.61 Å². The van der Waals surface area contributed by atoms with Gasteiger partial charge >= 0.3 is 0 Å². The van der Waals surface area contributed by atoms with Crippen LogP contribution in [-0.4, -0.2) is 68.2 Å². The third-order valence-corrected chi connectivity index (χ3v) is 17.6. The predicted molar refractivity (Wildman–Crippen MR) is 227 cm³/mol. The molecule has 312 valence electrons. The average Bonchev–Trinajstić information content (AvgIpc) is 3.35. The first-order valence-corrected chi connectivity index (χ1v) is 22.1. The summed E-state index contributed by atoms with van der Waals surface area (Å²) in [5.41, 5.74) is 5.69. The van der Waals surface area contributed by atoms with Crippen molar-refractivity contribution in [2.24, 2.45) is 49.8 Å². The number of ketones is 2. The number of rotatable bonds is 6. The number of carbonyl (C=O) groups is 2. The molecule has 4 aliphatic carbocycles. The minimum Gasteiger partial charge on any atom is -0.392 e. The van der Waals surface area contributed by atoms with Gasteiger partial charge in [0.1, 0.15) is 11.9 Å². The van der Waals surface area contributed by atoms with Gasteiger partial charge in [-0.1, -0.05) is 70.9 Å². The zero-order valence-electron chi connectivity index (χ0n) is 36.6. The molecule has 0 unspecified atom stereocenters. The lowest BCUT2D eigenvalue weighted by molar-refractivity contribution is -0.220. The Balaban J connectivity index is 1.29. The van der Waals surface area contributed by atoms with Gasteiger partial charge in [0.05, 0.1) is 35.5 Å². The number of aliphatic hydroxyl groups excluding tert-OH is 3. The molecule has 2 aromatic rings. The zero-order chi connectivity index (χ0) is 41.7. The number of aryl methyl sites for hydroxylation is 2. The van der Waals surface area contributed by atoms with Gasteiger partial charge in [0.25, 0.3) is 0 Å². The number of aliphatic hydroxyl groups is 3. The number of benzene rings is 1. The van der Waals surface area contributed by atoms with E-state index in [1.54, 1.807) is 0 Å². The zero-order valence-corrected chi connectivity index (χ0v) is 36.6. The molecule has 1 aromatic carbocycles. The summed E-state index contributed by atoms with van der Waals surface area (Å²) in [4.78, 5) is 34.0. The minimum absolute atomic E-state index is 0.119. The van der Waals surface area contributed by atoms with Crippen molar-refractivity contribution in [1.29, 1.82) is 0 Å². The van der Waals surface area contributed by atoms with Gasteiger partial charge in [-0.3, -0.25) is 14.6 Å². The average molecular weight is 791 g/mol. The van der Waals surface area contributed by atoms with E-state index in [1.807, 2.05) is 26.1 Å². The molecule has 1 saturated heterocycles. The van der Waals surface area contributed by atoms with Gasteiger partial charge in [-0.25, -0.2) is 0 Å². The smallest absolute Gasteiger partial charge is 0.160 e. The quantitative estimate of drug-likeness (QED) is 0.278. The Hall–Kier alpha value is -3.17. The van der Waals surface area contributed by atoms with Crippen LogP contribution in [0.2, 0.25) is 0 Å². The van der Waals surface area contributed by atoms with Crippen LogP contribution in [0.3, 0.4) is 0 Å². The summed E-state index contributed by atoms with van der Waals surface area (Å²) in [6.07, 6.45) is 7.72. The van der Waals surface area contributed by atoms with Crippen LogP contribution in [-0.2, 0) is 27.3 Å². The molecule has 10 atom stereocenters. The van der Waals surface area contributed by atoms with E-state index in [0.29, 0.717) is 50.9 Å². The summed E-state index contributed by atoms with van der Waals surface area (Å²) in [7, 11) is 0. The Labute approximate surface area is 344 Å². The summed E-state index contributed by atoms with van der Waals surface area (Å²) in [6, 6.07) is 6.65. The van der Waals surface area contributed by atoms with Gasteiger partial charge in [-0.2, -0.15) is 0 Å². The first-order chi connectivity index (χ1) is 27.1. The van der Waals surface area contributed by atoms with Crippen molar-refractivity contribution < 1.29 is 29.6 Å². The molecule has 3 N–H and O–H groups in total. The number of hydrogen-bond donors (Lipinski definition) is 3. The fraction of sp³-hybridized carbons (Fsp3) is 0.660. The molecule has 0 spiro atoms. The third kappa shape index (κ3) is 5.49. The molecule has 9 rings (SSSR count). The number of epoxide rings is 1. The molecule has 0 bridgehead atoms. The molecule has 3 aliphatic heterocycles. The maximum Gasteiger partial charge on any atom is 0.160 e. The highest BCUT2D eigenvalue weighted by molar-refractivity contribution is 6.07. The number of aliphatic imine (C=N–C) groups is 1. The molecule has 4 heterocycles. The van der Waals surface area contributed by atoms with E-state index in [9.17, 15) is 20.1 Å². The molecule has 1 aromatic heterocycles. The first kappa shape index (κ1) is 40.2. The molecule has 0 amide bonds. The molecular formula is C50H66N2O6. The second-order valence-electron chi connectivity index (χ2n) is 21.9. The Morgan fingerprint density at radius 1 is 0.983 bits per heavy atom. The van der Waals surface area contributed by atoms with E-state index in [-0.39, 0.29) is 35.7 Å². The molecule has 7 aliphatic rings. The lowest BCUT2D eigenvalue weighted by Crippen LogP contribution is -2.68. The third-order valence-electron chi connectivity index (χ3n) is 17.6. The number of hydrogen-bond acceptors (Lipinski definition) is 7. The molecule has 58 heavy (non-hydrogen) atoms. The fourth-order valence-electron chi connectivity index (χ4n) is 14.9. The highest BCUT2D eigenvalue weighted by Gasteiger charge is 2.72. The van der Waals surface area contributed by atoms with E-state index in [0.717, 1.165) is 57.9 Å². The monoisotopic (exact) mass is 790 g/mol. The summed E-state index contributed by atoms with van der Waals surface area (Å²) in [5.74, 6) is 0.0122. The summed E-state index contributed by atoms with van der Waals surface area (Å²) in [5, 5.41) is 38.1. The van der Waals surface area contributed by atoms with E-state index in [4.69, 9.17) is 9.73 Å². The molecular weight excluding hydrogens is 725 g/mol. The molecule has 0 radical (unpaired) electrons. The maximum absolute atomic E-state index is 15.2. The molecule has 8 heteroatoms. The highest BCUT2D eigenvalue weighted by Crippen LogP contribution is 2.75. The van der Waals surface area contributed by atoms with Crippen LogP contribution >= 0.6 is 0 Å². The van der Waals surface area contributed by atoms with E-state index < -0.39 is 45.4 Å². The van der Waals surface area contributed by atoms with Crippen molar-refractivity contribution in [2.45, 2.75) is 157 Å². The van der Waals surface area contributed by atoms with Crippen LogP contribution in [0.15, 0.2) is 34.3 Å². The first-order valence-electron chi connectivity index (χ1n) is 22.1. The minimum atomic E-state index is -0.793. The van der Waals surface area contributed by atoms with Gasteiger partial charge in [-0.15, -0.1) is 0 Å². The normalized spacial score (nSPS) is 39.0. The Morgan fingerprint density at radius 3 is 2.33 bits per heavy atom. The van der Waals surface area contributed by atoms with Gasteiger partial charge in [0, 0.05) is 65.3 Å². The van der Waals surface area contributed by atoms with Gasteiger partial charge in [0.15, 0.2) is 5.78 Å². The molecule has 4 fully saturated rings. The number of allylic oxidation sites excluding steroid dienone is 1. The number of nitrogens with zero attached hydrogens (tertiary/aromatic N) is 2. The van der Waals surface area contributed by atoms with Crippen LogP contribution in [0, 0.1) is 58.7 Å². The van der Waals surface area contributed by atoms with Crippen LogP contribution in [0.1, 0.15) is 129 Å². The summed E-state index contributed by atoms with van der Waals surface area (Å²) < 4.78 is 8.34. The Bertz CT molecular complexity index is 2310. The number of carbonyl (C=O) groups excluding carboxylic acids is 2. The van der Waals surface area contributed by atoms with E-state index in [2.05, 4.69) is 78.2 Å². The van der Waals surface area contributed by atoms with Crippen LogP contribution in [0.25, 0.3) is 11.6 Å². The van der Waals surface area contributed by atoms with Crippen molar-refractivity contribution in [1.82, 2.24) is 4.57 Å². The number of aromatic nitrogens is 1. The van der Waals surface area contributed by atoms with Gasteiger partial charge in [-0.05, 0) is 117 Å². The van der Waals surface area contributed by atoms with E-state index >= 15 is 4.79 Å². The second kappa shape index (κ2) is 12.9. The van der Waals surface area contributed by atoms with Crippen molar-refractivity contribution in [3.8, 4) is 0 Å². The van der Waals surface area contributed by atoms with Crippen LogP contribution in [0.4, 0.5) is 5.69 Å². The lowest BCUT2D eigenvalue weighted by Gasteiger charge is -2.70. The largest absolute Gasteiger partial charge is 0.392 e. The van der Waals surface area contributed by atoms with Crippen LogP contribution in [0.5, 0.6) is 0 Å². The van der Waals surface area contributed by atoms with Gasteiger partial charge in [0.2, 0.25) is 0 Å². The van der Waals surface area contributed by atoms with Crippen molar-refractivity contribution >= 4 is 35.1 Å². The van der Waals surface area contributed by atoms with E-state index in [1.165, 1.54) is 16.7 Å². The standard InChI is InChI=1S/C50H66N2O6/c1-27-19-28(2)21-29(20-27)22-31-33(14-18-53)52-26-32-38-39(47(7,23-35(55)44-46(5,6)58-44)15-11-30-25-51-40(31)41(30)52)34(54)24-50(38,10)49(9)17-12-36-45(3,4)37(56)13-16-48(36,8)43(49)42(32)57/h14,19-21,25,32,35-36,42-44,53,55,57H,11-13,15-18,22-24,26H2,1-10H3/t32-,35-,36+,42-,43+,44+,47+,48+,49+,50+/m1/s1.